The second-order valence-electron chi connectivity index (χ2n) is 6.37. The van der Waals surface area contributed by atoms with Crippen molar-refractivity contribution in [1.82, 2.24) is 0 Å². The fourth-order valence-corrected chi connectivity index (χ4v) is 23.0. The van der Waals surface area contributed by atoms with Crippen molar-refractivity contribution >= 4 is 366 Å². The first-order chi connectivity index (χ1) is 14.5. The molecular formula is C12H2Br23. The Kier molecular flexibility index (Phi) is 19.4. The van der Waals surface area contributed by atoms with E-state index in [1.54, 1.807) is 0 Å². The molecule has 1 radical (unpaired) electrons. The Bertz CT molecular complexity index is 711. The summed E-state index contributed by atoms with van der Waals surface area (Å²) in [7, 11) is 0. The smallest absolute Gasteiger partial charge is 0.0701 e. The monoisotopic (exact) mass is 1960 g/mol. The molecule has 0 spiro atoms. The van der Waals surface area contributed by atoms with Crippen LogP contribution in [0.4, 0.5) is 0 Å². The zero-order valence-corrected chi connectivity index (χ0v) is 51.4. The summed E-state index contributed by atoms with van der Waals surface area (Å²) in [6, 6.07) is 0. The van der Waals surface area contributed by atoms with Gasteiger partial charge >= 0.3 is 0 Å². The van der Waals surface area contributed by atoms with Crippen LogP contribution in [0.3, 0.4) is 0 Å². The lowest BCUT2D eigenvalue weighted by Gasteiger charge is -2.60. The first kappa shape index (κ1) is 46.0. The highest BCUT2D eigenvalue weighted by Gasteiger charge is 2.80. The minimum absolute atomic E-state index is 0.832. The quantitative estimate of drug-likeness (QED) is 0.202. The van der Waals surface area contributed by atoms with E-state index in [4.69, 9.17) is 0 Å². The first-order valence-electron chi connectivity index (χ1n) is 7.20. The van der Waals surface area contributed by atoms with Crippen LogP contribution >= 0.6 is 366 Å². The molecule has 0 aliphatic rings. The maximum absolute atomic E-state index is 4.15. The number of hydrogen-bond acceptors (Lipinski definition) is 0. The zero-order valence-electron chi connectivity index (χ0n) is 14.9. The molecule has 0 unspecified atom stereocenters. The number of halogens is 23. The summed E-state index contributed by atoms with van der Waals surface area (Å²) in [4.78, 5) is 0. The van der Waals surface area contributed by atoms with Gasteiger partial charge in [-0.05, 0) is 6.92 Å². The van der Waals surface area contributed by atoms with Crippen molar-refractivity contribution in [3.63, 3.8) is 0 Å². The van der Waals surface area contributed by atoms with Gasteiger partial charge in [-0.1, -0.05) is 366 Å². The van der Waals surface area contributed by atoms with E-state index in [1.165, 1.54) is 0 Å². The molecule has 0 saturated carbocycles. The average Bonchev–Trinajstić information content (AvgIpc) is 2.58. The molecule has 0 aromatic heterocycles. The van der Waals surface area contributed by atoms with Crippen molar-refractivity contribution in [2.45, 2.75) is 34.5 Å². The van der Waals surface area contributed by atoms with Gasteiger partial charge in [-0.2, -0.15) is 0 Å². The normalized spacial score (nSPS) is 17.1. The lowest BCUT2D eigenvalue weighted by atomic mass is 10.0. The summed E-state index contributed by atoms with van der Waals surface area (Å²) in [5, 5.41) is 0. The zero-order chi connectivity index (χ0) is 29.5. The summed E-state index contributed by atoms with van der Waals surface area (Å²) in [6.07, 6.45) is 0. The van der Waals surface area contributed by atoms with Gasteiger partial charge in [0.1, 0.15) is 32.3 Å². The van der Waals surface area contributed by atoms with Crippen LogP contribution < -0.4 is 0 Å². The van der Waals surface area contributed by atoms with Crippen LogP contribution in [0.5, 0.6) is 0 Å². The molecule has 0 amide bonds. The topological polar surface area (TPSA) is 0 Å². The third kappa shape index (κ3) is 8.17. The average molecular weight is 1980 g/mol. The molecule has 0 N–H and O–H groups in total. The molecule has 0 bridgehead atoms. The molecule has 23 heteroatoms. The van der Waals surface area contributed by atoms with Gasteiger partial charge in [0.15, 0.2) is 2.14 Å². The van der Waals surface area contributed by atoms with E-state index in [2.05, 4.69) is 373 Å². The van der Waals surface area contributed by atoms with Crippen molar-refractivity contribution in [3.8, 4) is 0 Å². The Hall–Kier alpha value is 11.0. The molecule has 0 aromatic carbocycles. The molecule has 0 aliphatic carbocycles. The lowest BCUT2D eigenvalue weighted by Crippen LogP contribution is -2.71. The highest BCUT2D eigenvalue weighted by atomic mass is 80.0. The van der Waals surface area contributed by atoms with Gasteiger partial charge in [-0.25, -0.2) is 0 Å². The van der Waals surface area contributed by atoms with Crippen molar-refractivity contribution in [2.24, 2.45) is 0 Å². The van der Waals surface area contributed by atoms with E-state index in [1.807, 2.05) is 0 Å². The van der Waals surface area contributed by atoms with Crippen LogP contribution in [0.2, 0.25) is 0 Å². The molecule has 0 rings (SSSR count). The van der Waals surface area contributed by atoms with Crippen molar-refractivity contribution < 1.29 is 0 Å². The van der Waals surface area contributed by atoms with Gasteiger partial charge in [-0.15, -0.1) is 0 Å². The number of alkyl halides is 23. The summed E-state index contributed by atoms with van der Waals surface area (Å²) in [5.41, 5.74) is 0. The highest BCUT2D eigenvalue weighted by molar-refractivity contribution is 9.42. The summed E-state index contributed by atoms with van der Waals surface area (Å²) >= 11 is 87.1. The minimum atomic E-state index is -1.14. The van der Waals surface area contributed by atoms with Crippen molar-refractivity contribution in [2.75, 3.05) is 0 Å². The summed E-state index contributed by atoms with van der Waals surface area (Å²) in [6.45, 7) is 4.15. The summed E-state index contributed by atoms with van der Waals surface area (Å²) < 4.78 is -11.3. The molecule has 0 saturated heterocycles. The SMILES string of the molecule is [CH2]C(Br)(Br)C(Br)(Br)C(Br)(Br)C(Br)(Br)C(Br)(Br)C(Br)(Br)C(Br)(Br)C(Br)(Br)C(Br)(Br)C(Br)(Br)C(Br)(Br)Br. The molecule has 211 valence electrons. The Morgan fingerprint density at radius 2 is 0.371 bits per heavy atom. The van der Waals surface area contributed by atoms with Crippen molar-refractivity contribution in [3.05, 3.63) is 6.92 Å². The molecule has 35 heavy (non-hydrogen) atoms. The van der Waals surface area contributed by atoms with E-state index in [9.17, 15) is 0 Å². The Morgan fingerprint density at radius 3 is 0.514 bits per heavy atom. The van der Waals surface area contributed by atoms with Crippen LogP contribution in [-0.2, 0) is 0 Å². The van der Waals surface area contributed by atoms with E-state index in [-0.39, 0.29) is 0 Å². The highest BCUT2D eigenvalue weighted by Crippen LogP contribution is 2.80. The van der Waals surface area contributed by atoms with Crippen molar-refractivity contribution in [1.29, 1.82) is 0 Å². The second-order valence-corrected chi connectivity index (χ2v) is 47.9. The van der Waals surface area contributed by atoms with Crippen LogP contribution in [-0.4, -0.2) is 34.5 Å². The van der Waals surface area contributed by atoms with Gasteiger partial charge in [0.2, 0.25) is 0 Å². The van der Waals surface area contributed by atoms with Gasteiger partial charge in [0.05, 0.1) is 0 Å². The fourth-order valence-electron chi connectivity index (χ4n) is 1.79. The van der Waals surface area contributed by atoms with Gasteiger partial charge < -0.3 is 0 Å². The third-order valence-electron chi connectivity index (χ3n) is 3.97. The van der Waals surface area contributed by atoms with Crippen LogP contribution in [0, 0.1) is 6.92 Å². The van der Waals surface area contributed by atoms with E-state index in [0.717, 1.165) is 0 Å². The summed E-state index contributed by atoms with van der Waals surface area (Å²) in [5.74, 6) is 0. The maximum atomic E-state index is 4.15. The number of hydrogen-bond donors (Lipinski definition) is 0. The maximum Gasteiger partial charge on any atom is 0.162 e. The van der Waals surface area contributed by atoms with Gasteiger partial charge in [0, 0.05) is 0 Å². The Labute approximate surface area is 398 Å². The standard InChI is InChI=1S/C12H2Br23/c1-2(13,14)3(15,16)4(17,18)5(19,20)6(21,22)7(23,24)8(25,26)9(27,28)10(29,30)11(31,32)12(33,34)35/h1H2. The first-order valence-corrected chi connectivity index (χ1v) is 25.4. The number of rotatable bonds is 9. The molecule has 0 aromatic rings. The van der Waals surface area contributed by atoms with Gasteiger partial charge in [-0.3, -0.25) is 0 Å². The van der Waals surface area contributed by atoms with Crippen LogP contribution in [0.1, 0.15) is 0 Å². The van der Waals surface area contributed by atoms with Gasteiger partial charge in [0.25, 0.3) is 0 Å². The second kappa shape index (κ2) is 14.7. The van der Waals surface area contributed by atoms with E-state index in [0.29, 0.717) is 0 Å². The largest absolute Gasteiger partial charge is 0.162 e. The van der Waals surface area contributed by atoms with E-state index >= 15 is 0 Å². The molecule has 0 nitrogen and oxygen atoms in total. The Balaban J connectivity index is 7.15. The fraction of sp³-hybridized carbons (Fsp3) is 0.917. The Morgan fingerprint density at radius 1 is 0.229 bits per heavy atom. The predicted molar refractivity (Wildman–Crippen MR) is 241 cm³/mol. The molecule has 0 heterocycles. The minimum Gasteiger partial charge on any atom is -0.0701 e. The van der Waals surface area contributed by atoms with Crippen LogP contribution in [0.25, 0.3) is 0 Å². The lowest BCUT2D eigenvalue weighted by molar-refractivity contribution is 0.554. The predicted octanol–water partition coefficient (Wildman–Crippen LogP) is 17.5. The molecule has 0 fully saturated rings. The van der Waals surface area contributed by atoms with E-state index < -0.39 is 34.5 Å². The molecule has 0 atom stereocenters. The van der Waals surface area contributed by atoms with Crippen LogP contribution in [0.15, 0.2) is 0 Å². The third-order valence-corrected chi connectivity index (χ3v) is 50.9. The molecular weight excluding hydrogens is 1980 g/mol. The molecule has 0 aliphatic heterocycles.